The molecule has 1 N–H and O–H groups in total. The number of aromatic nitrogens is 2. The van der Waals surface area contributed by atoms with Gasteiger partial charge in [0.05, 0.1) is 6.20 Å². The lowest BCUT2D eigenvalue weighted by atomic mass is 9.90. The minimum absolute atomic E-state index is 0. The number of guanidine groups is 1. The van der Waals surface area contributed by atoms with Crippen molar-refractivity contribution in [3.05, 3.63) is 53.9 Å². The molecule has 5 nitrogen and oxygen atoms in total. The van der Waals surface area contributed by atoms with Gasteiger partial charge in [-0.15, -0.1) is 24.0 Å². The monoisotopic (exact) mass is 495 g/mol. The summed E-state index contributed by atoms with van der Waals surface area (Å²) in [6.07, 6.45) is 9.83. The SMILES string of the molecule is CCNC(=NCCCc1cnn(C)c1)N1CCC(Cc2ccccc2)CC1.I. The summed E-state index contributed by atoms with van der Waals surface area (Å²) in [5.74, 6) is 1.87. The maximum absolute atomic E-state index is 4.87. The molecule has 28 heavy (non-hydrogen) atoms. The van der Waals surface area contributed by atoms with Crippen LogP contribution in [0.1, 0.15) is 37.3 Å². The molecule has 3 rings (SSSR count). The highest BCUT2D eigenvalue weighted by atomic mass is 127. The predicted molar refractivity (Wildman–Crippen MR) is 127 cm³/mol. The summed E-state index contributed by atoms with van der Waals surface area (Å²) in [5.41, 5.74) is 2.76. The molecule has 0 aliphatic carbocycles. The van der Waals surface area contributed by atoms with Crippen molar-refractivity contribution in [3.63, 3.8) is 0 Å². The molecule has 2 heterocycles. The molecule has 1 aliphatic heterocycles. The van der Waals surface area contributed by atoms with Crippen molar-refractivity contribution in [2.24, 2.45) is 18.0 Å². The lowest BCUT2D eigenvalue weighted by Crippen LogP contribution is -2.46. The zero-order valence-corrected chi connectivity index (χ0v) is 19.5. The molecule has 0 unspecified atom stereocenters. The third kappa shape index (κ3) is 7.11. The lowest BCUT2D eigenvalue weighted by Gasteiger charge is -2.34. The Morgan fingerprint density at radius 3 is 2.57 bits per heavy atom. The van der Waals surface area contributed by atoms with Gasteiger partial charge >= 0.3 is 0 Å². The standard InChI is InChI=1S/C22H33N5.HI/c1-3-23-22(24-13-7-10-21-17-25-26(2)18-21)27-14-11-20(12-15-27)16-19-8-5-4-6-9-19;/h4-6,8-9,17-18,20H,3,7,10-16H2,1-2H3,(H,23,24);1H. The van der Waals surface area contributed by atoms with Gasteiger partial charge in [0.2, 0.25) is 0 Å². The number of aliphatic imine (C=N–C) groups is 1. The highest BCUT2D eigenvalue weighted by molar-refractivity contribution is 14.0. The molecule has 1 fully saturated rings. The van der Waals surface area contributed by atoms with E-state index in [4.69, 9.17) is 4.99 Å². The van der Waals surface area contributed by atoms with Gasteiger partial charge in [-0.1, -0.05) is 30.3 Å². The first-order valence-electron chi connectivity index (χ1n) is 10.3. The van der Waals surface area contributed by atoms with Gasteiger partial charge in [0.15, 0.2) is 5.96 Å². The van der Waals surface area contributed by atoms with Crippen molar-refractivity contribution in [2.45, 2.75) is 39.0 Å². The highest BCUT2D eigenvalue weighted by Crippen LogP contribution is 2.21. The minimum Gasteiger partial charge on any atom is -0.357 e. The van der Waals surface area contributed by atoms with Crippen LogP contribution in [-0.2, 0) is 19.9 Å². The number of aryl methyl sites for hydroxylation is 2. The van der Waals surface area contributed by atoms with Gasteiger partial charge in [-0.25, -0.2) is 0 Å². The predicted octanol–water partition coefficient (Wildman–Crippen LogP) is 3.89. The largest absolute Gasteiger partial charge is 0.357 e. The molecule has 154 valence electrons. The third-order valence-corrected chi connectivity index (χ3v) is 5.26. The molecule has 0 bridgehead atoms. The fourth-order valence-corrected chi connectivity index (χ4v) is 3.79. The molecule has 0 saturated carbocycles. The first-order chi connectivity index (χ1) is 13.2. The van der Waals surface area contributed by atoms with Crippen LogP contribution >= 0.6 is 24.0 Å². The van der Waals surface area contributed by atoms with Crippen molar-refractivity contribution in [2.75, 3.05) is 26.2 Å². The number of benzene rings is 1. The van der Waals surface area contributed by atoms with Gasteiger partial charge < -0.3 is 10.2 Å². The molecule has 6 heteroatoms. The molecular formula is C22H34IN5. The van der Waals surface area contributed by atoms with E-state index in [-0.39, 0.29) is 24.0 Å². The number of likely N-dealkylation sites (tertiary alicyclic amines) is 1. The average Bonchev–Trinajstić information content (AvgIpc) is 3.11. The van der Waals surface area contributed by atoms with Crippen molar-refractivity contribution in [1.29, 1.82) is 0 Å². The number of nitrogens with zero attached hydrogens (tertiary/aromatic N) is 4. The Bertz CT molecular complexity index is 705. The van der Waals surface area contributed by atoms with Crippen LogP contribution in [0, 0.1) is 5.92 Å². The van der Waals surface area contributed by atoms with Crippen LogP contribution in [0.25, 0.3) is 0 Å². The van der Waals surface area contributed by atoms with E-state index in [0.717, 1.165) is 50.9 Å². The first kappa shape index (κ1) is 22.7. The van der Waals surface area contributed by atoms with E-state index < -0.39 is 0 Å². The highest BCUT2D eigenvalue weighted by Gasteiger charge is 2.21. The zero-order chi connectivity index (χ0) is 18.9. The number of nitrogens with one attached hydrogen (secondary N) is 1. The molecule has 1 aromatic carbocycles. The molecule has 0 amide bonds. The van der Waals surface area contributed by atoms with Crippen LogP contribution in [-0.4, -0.2) is 46.8 Å². The van der Waals surface area contributed by atoms with Crippen LogP contribution in [0.15, 0.2) is 47.7 Å². The number of hydrogen-bond donors (Lipinski definition) is 1. The molecule has 1 aliphatic rings. The Hall–Kier alpha value is -1.57. The summed E-state index contributed by atoms with van der Waals surface area (Å²) in [7, 11) is 1.96. The van der Waals surface area contributed by atoms with Crippen LogP contribution in [0.5, 0.6) is 0 Å². The Balaban J connectivity index is 0.00000280. The Morgan fingerprint density at radius 1 is 1.18 bits per heavy atom. The fraction of sp³-hybridized carbons (Fsp3) is 0.545. The Labute approximate surface area is 186 Å². The second kappa shape index (κ2) is 12.1. The molecule has 0 radical (unpaired) electrons. The average molecular weight is 495 g/mol. The van der Waals surface area contributed by atoms with E-state index in [1.165, 1.54) is 30.4 Å². The van der Waals surface area contributed by atoms with Gasteiger partial charge in [-0.3, -0.25) is 9.67 Å². The third-order valence-electron chi connectivity index (χ3n) is 5.26. The van der Waals surface area contributed by atoms with E-state index in [1.54, 1.807) is 0 Å². The van der Waals surface area contributed by atoms with Crippen molar-refractivity contribution >= 4 is 29.9 Å². The quantitative estimate of drug-likeness (QED) is 0.275. The molecule has 2 aromatic rings. The summed E-state index contributed by atoms with van der Waals surface area (Å²) in [5, 5.41) is 7.71. The van der Waals surface area contributed by atoms with Gasteiger partial charge in [-0.2, -0.15) is 5.10 Å². The normalized spacial score (nSPS) is 15.4. The maximum atomic E-state index is 4.87. The topological polar surface area (TPSA) is 45.5 Å². The first-order valence-corrected chi connectivity index (χ1v) is 10.3. The van der Waals surface area contributed by atoms with Gasteiger partial charge in [-0.05, 0) is 56.1 Å². The van der Waals surface area contributed by atoms with E-state index in [1.807, 2.05) is 17.9 Å². The second-order valence-electron chi connectivity index (χ2n) is 7.48. The summed E-state index contributed by atoms with van der Waals surface area (Å²) in [6.45, 7) is 6.14. The summed E-state index contributed by atoms with van der Waals surface area (Å²) in [4.78, 5) is 7.31. The van der Waals surface area contributed by atoms with Crippen molar-refractivity contribution in [3.8, 4) is 0 Å². The zero-order valence-electron chi connectivity index (χ0n) is 17.2. The number of rotatable bonds is 7. The molecule has 1 saturated heterocycles. The Kier molecular flexibility index (Phi) is 9.81. The van der Waals surface area contributed by atoms with Crippen molar-refractivity contribution < 1.29 is 0 Å². The smallest absolute Gasteiger partial charge is 0.193 e. The molecule has 1 aromatic heterocycles. The van der Waals surface area contributed by atoms with Gasteiger partial charge in [0.25, 0.3) is 0 Å². The Morgan fingerprint density at radius 2 is 1.93 bits per heavy atom. The van der Waals surface area contributed by atoms with Gasteiger partial charge in [0, 0.05) is 39.4 Å². The van der Waals surface area contributed by atoms with Crippen LogP contribution < -0.4 is 5.32 Å². The summed E-state index contributed by atoms with van der Waals surface area (Å²) < 4.78 is 1.86. The molecular weight excluding hydrogens is 461 g/mol. The van der Waals surface area contributed by atoms with Gasteiger partial charge in [0.1, 0.15) is 0 Å². The number of piperidine rings is 1. The molecule has 0 atom stereocenters. The maximum Gasteiger partial charge on any atom is 0.193 e. The number of hydrogen-bond acceptors (Lipinski definition) is 2. The van der Waals surface area contributed by atoms with E-state index in [2.05, 4.69) is 58.8 Å². The van der Waals surface area contributed by atoms with Crippen molar-refractivity contribution in [1.82, 2.24) is 20.0 Å². The minimum atomic E-state index is 0. The van der Waals surface area contributed by atoms with E-state index in [0.29, 0.717) is 0 Å². The second-order valence-corrected chi connectivity index (χ2v) is 7.48. The number of halogens is 1. The van der Waals surface area contributed by atoms with Crippen LogP contribution in [0.3, 0.4) is 0 Å². The van der Waals surface area contributed by atoms with E-state index in [9.17, 15) is 0 Å². The van der Waals surface area contributed by atoms with Crippen LogP contribution in [0.4, 0.5) is 0 Å². The summed E-state index contributed by atoms with van der Waals surface area (Å²) in [6, 6.07) is 10.9. The molecule has 0 spiro atoms. The summed E-state index contributed by atoms with van der Waals surface area (Å²) >= 11 is 0. The fourth-order valence-electron chi connectivity index (χ4n) is 3.79. The van der Waals surface area contributed by atoms with Crippen LogP contribution in [0.2, 0.25) is 0 Å². The van der Waals surface area contributed by atoms with E-state index >= 15 is 0 Å². The lowest BCUT2D eigenvalue weighted by molar-refractivity contribution is 0.259.